The van der Waals surface area contributed by atoms with E-state index in [9.17, 15) is 19.4 Å². The number of rotatable bonds is 3. The van der Waals surface area contributed by atoms with Gasteiger partial charge in [-0.05, 0) is 0 Å². The maximum atomic E-state index is 13.4. The summed E-state index contributed by atoms with van der Waals surface area (Å²) in [4.78, 5) is 14.8. The highest BCUT2D eigenvalue weighted by Crippen LogP contribution is 2.28. The van der Waals surface area contributed by atoms with Gasteiger partial charge in [0, 0.05) is 0 Å². The van der Waals surface area contributed by atoms with Crippen molar-refractivity contribution in [1.29, 1.82) is 0 Å². The Morgan fingerprint density at radius 2 is 2.16 bits per heavy atom. The average molecular weight is 277 g/mol. The van der Waals surface area contributed by atoms with E-state index >= 15 is 0 Å². The molecule has 4 atom stereocenters. The number of ether oxygens (including phenoxy) is 1. The maximum Gasteiger partial charge on any atom is 0.351 e. The van der Waals surface area contributed by atoms with Crippen molar-refractivity contribution in [1.82, 2.24) is 9.55 Å². The van der Waals surface area contributed by atoms with Crippen LogP contribution in [0.5, 0.6) is 0 Å². The van der Waals surface area contributed by atoms with Crippen LogP contribution in [-0.4, -0.2) is 55.0 Å². The number of hydrogen-bond donors (Lipinski definition) is 5. The Bertz CT molecular complexity index is 523. The number of aromatic nitrogens is 2. The van der Waals surface area contributed by atoms with E-state index in [0.717, 1.165) is 0 Å². The molecule has 1 aromatic rings. The first-order valence-corrected chi connectivity index (χ1v) is 5.30. The third kappa shape index (κ3) is 2.31. The zero-order chi connectivity index (χ0) is 14.2. The highest BCUT2D eigenvalue weighted by molar-refractivity contribution is 5.30. The van der Waals surface area contributed by atoms with E-state index in [0.29, 0.717) is 10.8 Å². The molecule has 4 unspecified atom stereocenters. The molecule has 0 aliphatic carbocycles. The number of nitrogens with one attached hydrogen (secondary N) is 1. The van der Waals surface area contributed by atoms with Crippen LogP contribution < -0.4 is 11.2 Å². The molecular formula is C9H12FN3O6. The minimum Gasteiger partial charge on any atom is -0.394 e. The minimum atomic E-state index is -1.52. The van der Waals surface area contributed by atoms with E-state index in [1.54, 1.807) is 0 Å². The Kier molecular flexibility index (Phi) is 3.78. The van der Waals surface area contributed by atoms with Crippen LogP contribution in [0.25, 0.3) is 0 Å². The molecule has 2 heterocycles. The van der Waals surface area contributed by atoms with Crippen molar-refractivity contribution >= 4 is 5.82 Å². The van der Waals surface area contributed by atoms with Crippen LogP contribution in [0.1, 0.15) is 6.23 Å². The molecule has 106 valence electrons. The number of anilines is 1. The summed E-state index contributed by atoms with van der Waals surface area (Å²) >= 11 is 0. The molecule has 0 bridgehead atoms. The first kappa shape index (κ1) is 13.8. The molecule has 0 spiro atoms. The largest absolute Gasteiger partial charge is 0.394 e. The van der Waals surface area contributed by atoms with Crippen LogP contribution in [0, 0.1) is 5.82 Å². The van der Waals surface area contributed by atoms with E-state index in [2.05, 4.69) is 4.98 Å². The van der Waals surface area contributed by atoms with Gasteiger partial charge in [-0.2, -0.15) is 4.98 Å². The molecule has 2 rings (SSSR count). The van der Waals surface area contributed by atoms with Gasteiger partial charge in [-0.1, -0.05) is 0 Å². The second-order valence-electron chi connectivity index (χ2n) is 3.97. The highest BCUT2D eigenvalue weighted by Gasteiger charge is 2.44. The van der Waals surface area contributed by atoms with E-state index in [1.165, 1.54) is 5.48 Å². The fourth-order valence-corrected chi connectivity index (χ4v) is 1.82. The molecule has 1 aromatic heterocycles. The smallest absolute Gasteiger partial charge is 0.351 e. The fraction of sp³-hybridized carbons (Fsp3) is 0.556. The van der Waals surface area contributed by atoms with Crippen LogP contribution >= 0.6 is 0 Å². The molecule has 1 aliphatic rings. The van der Waals surface area contributed by atoms with Crippen molar-refractivity contribution in [2.75, 3.05) is 12.1 Å². The van der Waals surface area contributed by atoms with Gasteiger partial charge in [0.25, 0.3) is 0 Å². The van der Waals surface area contributed by atoms with Gasteiger partial charge in [-0.3, -0.25) is 9.77 Å². The summed E-state index contributed by atoms with van der Waals surface area (Å²) in [7, 11) is 0. The summed E-state index contributed by atoms with van der Waals surface area (Å²) in [6.07, 6.45) is -4.75. The molecule has 0 saturated carbocycles. The normalized spacial score (nSPS) is 30.6. The SMILES string of the molecule is O=c1nc(NO)c(F)cn1C1OC(CO)C(O)C1O. The van der Waals surface area contributed by atoms with Crippen molar-refractivity contribution in [2.24, 2.45) is 0 Å². The maximum absolute atomic E-state index is 13.4. The molecule has 10 heteroatoms. The number of aliphatic hydroxyl groups excluding tert-OH is 3. The van der Waals surface area contributed by atoms with Crippen LogP contribution in [0.3, 0.4) is 0 Å². The number of hydrogen-bond acceptors (Lipinski definition) is 8. The zero-order valence-electron chi connectivity index (χ0n) is 9.47. The van der Waals surface area contributed by atoms with Crippen molar-refractivity contribution in [2.45, 2.75) is 24.5 Å². The van der Waals surface area contributed by atoms with Gasteiger partial charge in [-0.25, -0.2) is 14.7 Å². The fourth-order valence-electron chi connectivity index (χ4n) is 1.82. The van der Waals surface area contributed by atoms with Gasteiger partial charge in [0.1, 0.15) is 18.3 Å². The van der Waals surface area contributed by atoms with Gasteiger partial charge < -0.3 is 20.1 Å². The lowest BCUT2D eigenvalue weighted by atomic mass is 10.1. The summed E-state index contributed by atoms with van der Waals surface area (Å²) in [6.45, 7) is -0.574. The van der Waals surface area contributed by atoms with Crippen molar-refractivity contribution in [3.8, 4) is 0 Å². The Morgan fingerprint density at radius 1 is 1.47 bits per heavy atom. The van der Waals surface area contributed by atoms with Crippen LogP contribution in [0.15, 0.2) is 11.0 Å². The monoisotopic (exact) mass is 277 g/mol. The summed E-state index contributed by atoms with van der Waals surface area (Å²) in [5.74, 6) is -1.73. The van der Waals surface area contributed by atoms with Crippen LogP contribution in [0.4, 0.5) is 10.2 Å². The molecule has 0 amide bonds. The second kappa shape index (κ2) is 5.19. The Balaban J connectivity index is 2.38. The van der Waals surface area contributed by atoms with E-state index in [4.69, 9.17) is 15.1 Å². The lowest BCUT2D eigenvalue weighted by Gasteiger charge is -2.17. The van der Waals surface area contributed by atoms with Gasteiger partial charge in [0.05, 0.1) is 12.8 Å². The average Bonchev–Trinajstić information content (AvgIpc) is 2.68. The van der Waals surface area contributed by atoms with Crippen molar-refractivity contribution in [3.05, 3.63) is 22.5 Å². The summed E-state index contributed by atoms with van der Waals surface area (Å²) in [5, 5.41) is 36.7. The third-order valence-corrected chi connectivity index (χ3v) is 2.80. The lowest BCUT2D eigenvalue weighted by Crippen LogP contribution is -2.36. The lowest BCUT2D eigenvalue weighted by molar-refractivity contribution is -0.0553. The molecule has 19 heavy (non-hydrogen) atoms. The third-order valence-electron chi connectivity index (χ3n) is 2.80. The number of halogens is 1. The molecule has 1 saturated heterocycles. The van der Waals surface area contributed by atoms with Gasteiger partial charge in [0.2, 0.25) is 0 Å². The molecule has 0 aromatic carbocycles. The van der Waals surface area contributed by atoms with Gasteiger partial charge in [0.15, 0.2) is 17.9 Å². The van der Waals surface area contributed by atoms with E-state index in [-0.39, 0.29) is 0 Å². The second-order valence-corrected chi connectivity index (χ2v) is 3.97. The van der Waals surface area contributed by atoms with Crippen molar-refractivity contribution < 1.29 is 29.7 Å². The predicted molar refractivity (Wildman–Crippen MR) is 56.9 cm³/mol. The Hall–Kier alpha value is -1.59. The van der Waals surface area contributed by atoms with Gasteiger partial charge >= 0.3 is 5.69 Å². The number of nitrogens with zero attached hydrogens (tertiary/aromatic N) is 2. The first-order valence-electron chi connectivity index (χ1n) is 5.30. The summed E-state index contributed by atoms with van der Waals surface area (Å²) in [5.41, 5.74) is 0.395. The van der Waals surface area contributed by atoms with Gasteiger partial charge in [-0.15, -0.1) is 0 Å². The Morgan fingerprint density at radius 3 is 2.68 bits per heavy atom. The summed E-state index contributed by atoms with van der Waals surface area (Å²) in [6, 6.07) is 0. The first-order chi connectivity index (χ1) is 8.99. The Labute approximate surface area is 105 Å². The molecule has 1 aliphatic heterocycles. The standard InChI is InChI=1S/C9H12FN3O6/c10-3-1-13(9(17)11-7(3)12-18)8-6(16)5(15)4(2-14)19-8/h1,4-6,8,14-16,18H,2H2,(H,11,12,17). The molecule has 5 N–H and O–H groups in total. The molecule has 1 fully saturated rings. The zero-order valence-corrected chi connectivity index (χ0v) is 9.47. The molecular weight excluding hydrogens is 265 g/mol. The van der Waals surface area contributed by atoms with E-state index in [1.807, 2.05) is 0 Å². The van der Waals surface area contributed by atoms with Crippen LogP contribution in [-0.2, 0) is 4.74 Å². The van der Waals surface area contributed by atoms with Crippen LogP contribution in [0.2, 0.25) is 0 Å². The van der Waals surface area contributed by atoms with Crippen molar-refractivity contribution in [3.63, 3.8) is 0 Å². The summed E-state index contributed by atoms with van der Waals surface area (Å²) < 4.78 is 19.1. The number of aliphatic hydroxyl groups is 3. The van der Waals surface area contributed by atoms with E-state index < -0.39 is 48.5 Å². The highest BCUT2D eigenvalue weighted by atomic mass is 19.1. The minimum absolute atomic E-state index is 0.574. The molecule has 9 nitrogen and oxygen atoms in total. The quantitative estimate of drug-likeness (QED) is 0.392. The predicted octanol–water partition coefficient (Wildman–Crippen LogP) is -2.20. The molecule has 0 radical (unpaired) electrons. The topological polar surface area (TPSA) is 137 Å².